The third kappa shape index (κ3) is 5.65. The molecule has 0 saturated carbocycles. The van der Waals surface area contributed by atoms with Crippen LogP contribution in [-0.4, -0.2) is 16.9 Å². The van der Waals surface area contributed by atoms with Gasteiger partial charge >= 0.3 is 0 Å². The lowest BCUT2D eigenvalue weighted by molar-refractivity contribution is -0.115. The molecular weight excluding hydrogens is 330 g/mol. The second-order valence-electron chi connectivity index (χ2n) is 4.62. The van der Waals surface area contributed by atoms with Crippen molar-refractivity contribution in [3.05, 3.63) is 63.9 Å². The van der Waals surface area contributed by atoms with Gasteiger partial charge in [-0.3, -0.25) is 25.8 Å². The Bertz CT molecular complexity index is 722. The molecular formula is C16H15N3O2S2. The van der Waals surface area contributed by atoms with E-state index in [1.54, 1.807) is 23.6 Å². The molecule has 2 aromatic rings. The zero-order valence-corrected chi connectivity index (χ0v) is 14.0. The first-order valence-corrected chi connectivity index (χ1v) is 8.03. The van der Waals surface area contributed by atoms with Crippen LogP contribution in [0.15, 0.2) is 47.9 Å². The molecule has 0 saturated heterocycles. The molecule has 0 radical (unpaired) electrons. The van der Waals surface area contributed by atoms with Crippen LogP contribution in [0, 0.1) is 6.92 Å². The zero-order chi connectivity index (χ0) is 16.7. The molecule has 0 bridgehead atoms. The maximum Gasteiger partial charge on any atom is 0.279 e. The van der Waals surface area contributed by atoms with E-state index in [-0.39, 0.29) is 16.9 Å². The summed E-state index contributed by atoms with van der Waals surface area (Å²) in [6.07, 6.45) is 3.06. The average Bonchev–Trinajstić information content (AvgIpc) is 3.06. The number of benzene rings is 1. The van der Waals surface area contributed by atoms with E-state index in [4.69, 9.17) is 12.2 Å². The average molecular weight is 345 g/mol. The van der Waals surface area contributed by atoms with Crippen LogP contribution < -0.4 is 16.2 Å². The predicted octanol–water partition coefficient (Wildman–Crippen LogP) is 2.41. The van der Waals surface area contributed by atoms with Crippen molar-refractivity contribution >= 4 is 46.6 Å². The van der Waals surface area contributed by atoms with E-state index in [2.05, 4.69) is 16.2 Å². The summed E-state index contributed by atoms with van der Waals surface area (Å²) in [4.78, 5) is 24.0. The number of hydrazine groups is 1. The van der Waals surface area contributed by atoms with Crippen LogP contribution >= 0.6 is 23.6 Å². The van der Waals surface area contributed by atoms with Crippen molar-refractivity contribution in [3.63, 3.8) is 0 Å². The molecule has 23 heavy (non-hydrogen) atoms. The summed E-state index contributed by atoms with van der Waals surface area (Å²) < 4.78 is 0. The third-order valence-electron chi connectivity index (χ3n) is 2.78. The summed E-state index contributed by atoms with van der Waals surface area (Å²) >= 11 is 6.25. The molecule has 3 N–H and O–H groups in total. The predicted molar refractivity (Wildman–Crippen MR) is 95.9 cm³/mol. The maximum absolute atomic E-state index is 11.7. The molecule has 7 heteroatoms. The Morgan fingerprint density at radius 2 is 1.87 bits per heavy atom. The molecule has 118 valence electrons. The monoisotopic (exact) mass is 345 g/mol. The van der Waals surface area contributed by atoms with Crippen molar-refractivity contribution in [1.29, 1.82) is 0 Å². The number of nitrogens with one attached hydrogen (secondary N) is 3. The van der Waals surface area contributed by atoms with Crippen molar-refractivity contribution in [2.24, 2.45) is 0 Å². The third-order valence-corrected chi connectivity index (χ3v) is 3.85. The molecule has 0 aliphatic heterocycles. The lowest BCUT2D eigenvalue weighted by Gasteiger charge is -2.08. The van der Waals surface area contributed by atoms with Crippen LogP contribution in [-0.2, 0) is 4.79 Å². The Balaban J connectivity index is 1.77. The molecule has 2 amide bonds. The van der Waals surface area contributed by atoms with Gasteiger partial charge in [0.1, 0.15) is 0 Å². The summed E-state index contributed by atoms with van der Waals surface area (Å²) in [7, 11) is 0. The molecule has 1 heterocycles. The summed E-state index contributed by atoms with van der Waals surface area (Å²) in [6, 6.07) is 11.2. The molecule has 2 rings (SSSR count). The van der Waals surface area contributed by atoms with Crippen LogP contribution in [0.3, 0.4) is 0 Å². The molecule has 0 atom stereocenters. The first kappa shape index (κ1) is 16.9. The van der Waals surface area contributed by atoms with Gasteiger partial charge in [0, 0.05) is 6.08 Å². The van der Waals surface area contributed by atoms with Gasteiger partial charge in [0.15, 0.2) is 5.11 Å². The lowest BCUT2D eigenvalue weighted by atomic mass is 10.1. The first-order chi connectivity index (χ1) is 11.0. The Kier molecular flexibility index (Phi) is 6.02. The fraction of sp³-hybridized carbons (Fsp3) is 0.0625. The Morgan fingerprint density at radius 1 is 1.13 bits per heavy atom. The molecule has 5 nitrogen and oxygen atoms in total. The highest BCUT2D eigenvalue weighted by Gasteiger charge is 2.07. The first-order valence-electron chi connectivity index (χ1n) is 6.74. The number of carbonyl (C=O) groups excluding carboxylic acids is 2. The minimum absolute atomic E-state index is 0.0217. The normalized spacial score (nSPS) is 10.3. The summed E-state index contributed by atoms with van der Waals surface area (Å²) in [6.45, 7) is 1.99. The minimum Gasteiger partial charge on any atom is -0.298 e. The van der Waals surface area contributed by atoms with Gasteiger partial charge in [-0.15, -0.1) is 11.3 Å². The number of thiocarbonyl (C=S) groups is 1. The second-order valence-corrected chi connectivity index (χ2v) is 5.97. The molecule has 0 spiro atoms. The Hall–Kier alpha value is -2.51. The van der Waals surface area contributed by atoms with Crippen molar-refractivity contribution < 1.29 is 9.59 Å². The summed E-state index contributed by atoms with van der Waals surface area (Å²) in [5.41, 5.74) is 6.96. The van der Waals surface area contributed by atoms with Crippen LogP contribution in [0.5, 0.6) is 0 Å². The largest absolute Gasteiger partial charge is 0.298 e. The summed E-state index contributed by atoms with van der Waals surface area (Å²) in [5, 5.41) is 4.26. The van der Waals surface area contributed by atoms with E-state index in [1.807, 2.05) is 31.2 Å². The fourth-order valence-electron chi connectivity index (χ4n) is 1.62. The number of aryl methyl sites for hydroxylation is 1. The highest BCUT2D eigenvalue weighted by Crippen LogP contribution is 2.07. The fourth-order valence-corrected chi connectivity index (χ4v) is 2.39. The van der Waals surface area contributed by atoms with Gasteiger partial charge in [0.25, 0.3) is 5.91 Å². The molecule has 0 aliphatic carbocycles. The van der Waals surface area contributed by atoms with Gasteiger partial charge in [0.2, 0.25) is 5.91 Å². The van der Waals surface area contributed by atoms with Crippen LogP contribution in [0.25, 0.3) is 6.08 Å². The molecule has 0 unspecified atom stereocenters. The van der Waals surface area contributed by atoms with E-state index in [9.17, 15) is 9.59 Å². The van der Waals surface area contributed by atoms with Gasteiger partial charge in [-0.1, -0.05) is 35.9 Å². The highest BCUT2D eigenvalue weighted by atomic mass is 32.1. The topological polar surface area (TPSA) is 70.2 Å². The van der Waals surface area contributed by atoms with E-state index >= 15 is 0 Å². The highest BCUT2D eigenvalue weighted by molar-refractivity contribution is 7.80. The van der Waals surface area contributed by atoms with Gasteiger partial charge in [0.05, 0.1) is 4.88 Å². The van der Waals surface area contributed by atoms with E-state index in [0.29, 0.717) is 4.88 Å². The van der Waals surface area contributed by atoms with Crippen molar-refractivity contribution in [1.82, 2.24) is 16.2 Å². The number of amides is 2. The van der Waals surface area contributed by atoms with E-state index in [1.165, 1.54) is 17.4 Å². The Morgan fingerprint density at radius 3 is 2.52 bits per heavy atom. The van der Waals surface area contributed by atoms with E-state index < -0.39 is 0 Å². The summed E-state index contributed by atoms with van der Waals surface area (Å²) in [5.74, 6) is -0.694. The van der Waals surface area contributed by atoms with Crippen LogP contribution in [0.1, 0.15) is 20.8 Å². The van der Waals surface area contributed by atoms with Crippen LogP contribution in [0.2, 0.25) is 0 Å². The quantitative estimate of drug-likeness (QED) is 0.454. The van der Waals surface area contributed by atoms with E-state index in [0.717, 1.165) is 11.1 Å². The minimum atomic E-state index is -0.381. The number of carbonyl (C=O) groups is 2. The molecule has 1 aromatic carbocycles. The number of rotatable bonds is 3. The Labute approximate surface area is 143 Å². The maximum atomic E-state index is 11.7. The molecule has 1 aromatic heterocycles. The van der Waals surface area contributed by atoms with Gasteiger partial charge in [-0.25, -0.2) is 0 Å². The van der Waals surface area contributed by atoms with Crippen molar-refractivity contribution in [2.75, 3.05) is 0 Å². The lowest BCUT2D eigenvalue weighted by Crippen LogP contribution is -2.48. The second kappa shape index (κ2) is 8.21. The van der Waals surface area contributed by atoms with Crippen molar-refractivity contribution in [2.45, 2.75) is 6.92 Å². The van der Waals surface area contributed by atoms with Gasteiger partial charge < -0.3 is 0 Å². The SMILES string of the molecule is Cc1ccc(C=CC(=O)NC(=S)NNC(=O)c2cccs2)cc1. The standard InChI is InChI=1S/C16H15N3O2S2/c1-11-4-6-12(7-5-11)8-9-14(20)17-16(22)19-18-15(21)13-3-2-10-23-13/h2-10H,1H3,(H,18,21)(H2,17,19,20,22). The number of hydrogen-bond acceptors (Lipinski definition) is 4. The molecule has 0 fully saturated rings. The zero-order valence-electron chi connectivity index (χ0n) is 12.3. The van der Waals surface area contributed by atoms with Gasteiger partial charge in [-0.05, 0) is 42.2 Å². The van der Waals surface area contributed by atoms with Gasteiger partial charge in [-0.2, -0.15) is 0 Å². The molecule has 0 aliphatic rings. The van der Waals surface area contributed by atoms with Crippen LogP contribution in [0.4, 0.5) is 0 Å². The number of hydrogen-bond donors (Lipinski definition) is 3. The van der Waals surface area contributed by atoms with Crippen molar-refractivity contribution in [3.8, 4) is 0 Å². The smallest absolute Gasteiger partial charge is 0.279 e. The number of thiophene rings is 1.